The van der Waals surface area contributed by atoms with Gasteiger partial charge in [0.05, 0.1) is 11.4 Å². The first kappa shape index (κ1) is 22.1. The van der Waals surface area contributed by atoms with E-state index in [-0.39, 0.29) is 21.8 Å². The molecule has 31 heavy (non-hydrogen) atoms. The van der Waals surface area contributed by atoms with E-state index in [9.17, 15) is 31.2 Å². The van der Waals surface area contributed by atoms with Crippen LogP contribution in [-0.2, 0) is 21.4 Å². The lowest BCUT2D eigenvalue weighted by atomic mass is 10.2. The van der Waals surface area contributed by atoms with Gasteiger partial charge in [0.15, 0.2) is 0 Å². The zero-order valence-corrected chi connectivity index (χ0v) is 16.6. The number of halogens is 3. The van der Waals surface area contributed by atoms with E-state index in [2.05, 4.69) is 4.72 Å². The van der Waals surface area contributed by atoms with E-state index >= 15 is 0 Å². The van der Waals surface area contributed by atoms with Crippen molar-refractivity contribution in [3.05, 3.63) is 88.8 Å². The first-order chi connectivity index (χ1) is 14.5. The van der Waals surface area contributed by atoms with Gasteiger partial charge in [-0.15, -0.1) is 0 Å². The van der Waals surface area contributed by atoms with Crippen LogP contribution in [0.3, 0.4) is 0 Å². The molecular formula is C20H16F3N3O4S. The number of carbonyl (C=O) groups excluding carboxylic acids is 1. The van der Waals surface area contributed by atoms with Crippen LogP contribution in [0.25, 0.3) is 0 Å². The Hall–Kier alpha value is -3.60. The highest BCUT2D eigenvalue weighted by atomic mass is 32.2. The Morgan fingerprint density at radius 2 is 1.52 bits per heavy atom. The van der Waals surface area contributed by atoms with Crippen molar-refractivity contribution in [1.82, 2.24) is 4.57 Å². The normalized spacial score (nSPS) is 11.7. The van der Waals surface area contributed by atoms with Gasteiger partial charge < -0.3 is 9.88 Å². The number of pyridine rings is 1. The summed E-state index contributed by atoms with van der Waals surface area (Å²) in [6, 6.07) is 15.4. The number of hydrogen-bond donors (Lipinski definition) is 2. The maximum absolute atomic E-state index is 12.5. The highest BCUT2D eigenvalue weighted by molar-refractivity contribution is 7.92. The smallest absolute Gasteiger partial charge is 0.318 e. The van der Waals surface area contributed by atoms with Gasteiger partial charge in [-0.05, 0) is 48.0 Å². The third kappa shape index (κ3) is 5.72. The molecule has 0 saturated heterocycles. The lowest BCUT2D eigenvalue weighted by Crippen LogP contribution is -2.29. The minimum Gasteiger partial charge on any atom is -0.318 e. The van der Waals surface area contributed by atoms with E-state index in [1.807, 2.05) is 0 Å². The Balaban J connectivity index is 1.68. The van der Waals surface area contributed by atoms with Crippen molar-refractivity contribution < 1.29 is 26.4 Å². The van der Waals surface area contributed by atoms with Crippen molar-refractivity contribution in [2.75, 3.05) is 10.0 Å². The molecule has 0 aliphatic heterocycles. The van der Waals surface area contributed by atoms with Crippen LogP contribution in [0.1, 0.15) is 5.56 Å². The summed E-state index contributed by atoms with van der Waals surface area (Å²) in [5, 5.41) is 1.64. The highest BCUT2D eigenvalue weighted by Crippen LogP contribution is 2.21. The molecule has 0 spiro atoms. The van der Waals surface area contributed by atoms with Gasteiger partial charge in [0.2, 0.25) is 0 Å². The molecule has 1 amide bonds. The van der Waals surface area contributed by atoms with Crippen molar-refractivity contribution in [2.24, 2.45) is 0 Å². The molecule has 2 N–H and O–H groups in total. The molecule has 0 fully saturated rings. The van der Waals surface area contributed by atoms with Crippen molar-refractivity contribution >= 4 is 27.3 Å². The minimum absolute atomic E-state index is 0.165. The summed E-state index contributed by atoms with van der Waals surface area (Å²) in [5.41, 5.74) is 0.684. The summed E-state index contributed by atoms with van der Waals surface area (Å²) in [6.07, 6.45) is -3.41. The van der Waals surface area contributed by atoms with Crippen LogP contribution in [0, 0.1) is 0 Å². The molecule has 7 nitrogen and oxygen atoms in total. The number of hydrogen-bond acceptors (Lipinski definition) is 4. The summed E-state index contributed by atoms with van der Waals surface area (Å²) in [6.45, 7) is 0.317. The minimum atomic E-state index is -5.05. The van der Waals surface area contributed by atoms with Crippen LogP contribution in [0.2, 0.25) is 0 Å². The SMILES string of the molecule is O=C(Nc1ccc(S(=O)(=O)Nc2ccc(Cn3ccccc3=O)cc2)cc1)C(F)(F)F. The number of anilines is 2. The van der Waals surface area contributed by atoms with E-state index in [1.54, 1.807) is 35.8 Å². The Morgan fingerprint density at radius 1 is 0.903 bits per heavy atom. The quantitative estimate of drug-likeness (QED) is 0.602. The number of sulfonamides is 1. The van der Waals surface area contributed by atoms with Gasteiger partial charge in [-0.1, -0.05) is 18.2 Å². The molecule has 0 unspecified atom stereocenters. The zero-order chi connectivity index (χ0) is 22.6. The summed E-state index contributed by atoms with van der Waals surface area (Å²) in [4.78, 5) is 22.5. The number of benzene rings is 2. The van der Waals surface area contributed by atoms with E-state index in [0.29, 0.717) is 6.54 Å². The fourth-order valence-electron chi connectivity index (χ4n) is 2.60. The second-order valence-corrected chi connectivity index (χ2v) is 8.13. The number of nitrogens with one attached hydrogen (secondary N) is 2. The first-order valence-corrected chi connectivity index (χ1v) is 10.3. The average molecular weight is 451 g/mol. The molecule has 0 radical (unpaired) electrons. The topological polar surface area (TPSA) is 97.3 Å². The predicted octanol–water partition coefficient (Wildman–Crippen LogP) is 3.20. The van der Waals surface area contributed by atoms with Crippen LogP contribution in [0.4, 0.5) is 24.5 Å². The number of rotatable bonds is 6. The van der Waals surface area contributed by atoms with Gasteiger partial charge in [-0.3, -0.25) is 14.3 Å². The van der Waals surface area contributed by atoms with Crippen molar-refractivity contribution in [1.29, 1.82) is 0 Å². The summed E-state index contributed by atoms with van der Waals surface area (Å²) in [7, 11) is -4.01. The molecule has 0 atom stereocenters. The molecule has 0 aliphatic rings. The number of carbonyl (C=O) groups is 1. The Morgan fingerprint density at radius 3 is 2.10 bits per heavy atom. The van der Waals surface area contributed by atoms with Crippen molar-refractivity contribution in [2.45, 2.75) is 17.6 Å². The first-order valence-electron chi connectivity index (χ1n) is 8.80. The molecule has 1 heterocycles. The molecule has 3 aromatic rings. The third-order valence-corrected chi connectivity index (χ3v) is 5.54. The molecule has 11 heteroatoms. The van der Waals surface area contributed by atoms with E-state index in [0.717, 1.165) is 29.8 Å². The number of nitrogens with zero attached hydrogens (tertiary/aromatic N) is 1. The summed E-state index contributed by atoms with van der Waals surface area (Å²) < 4.78 is 65.7. The lowest BCUT2D eigenvalue weighted by Gasteiger charge is -2.11. The molecule has 0 saturated carbocycles. The summed E-state index contributed by atoms with van der Waals surface area (Å²) >= 11 is 0. The number of amides is 1. The van der Waals surface area contributed by atoms with Crippen LogP contribution < -0.4 is 15.6 Å². The van der Waals surface area contributed by atoms with Gasteiger partial charge in [0, 0.05) is 23.6 Å². The summed E-state index contributed by atoms with van der Waals surface area (Å²) in [5.74, 6) is -2.15. The molecule has 1 aromatic heterocycles. The van der Waals surface area contributed by atoms with Gasteiger partial charge in [-0.2, -0.15) is 13.2 Å². The van der Waals surface area contributed by atoms with Crippen LogP contribution in [0.5, 0.6) is 0 Å². The van der Waals surface area contributed by atoms with Gasteiger partial charge in [0.25, 0.3) is 15.6 Å². The second-order valence-electron chi connectivity index (χ2n) is 6.45. The molecule has 2 aromatic carbocycles. The van der Waals surface area contributed by atoms with Crippen molar-refractivity contribution in [3.63, 3.8) is 0 Å². The van der Waals surface area contributed by atoms with Crippen LogP contribution >= 0.6 is 0 Å². The fourth-order valence-corrected chi connectivity index (χ4v) is 3.66. The molecular weight excluding hydrogens is 435 g/mol. The van der Waals surface area contributed by atoms with Crippen LogP contribution in [-0.4, -0.2) is 25.1 Å². The highest BCUT2D eigenvalue weighted by Gasteiger charge is 2.38. The van der Waals surface area contributed by atoms with E-state index < -0.39 is 22.1 Å². The lowest BCUT2D eigenvalue weighted by molar-refractivity contribution is -0.167. The van der Waals surface area contributed by atoms with E-state index in [1.165, 1.54) is 22.8 Å². The maximum Gasteiger partial charge on any atom is 0.471 e. The number of alkyl halides is 3. The predicted molar refractivity (Wildman–Crippen MR) is 108 cm³/mol. The molecule has 0 bridgehead atoms. The molecule has 0 aliphatic carbocycles. The Labute approximate surface area is 175 Å². The Bertz CT molecular complexity index is 1240. The molecule has 162 valence electrons. The van der Waals surface area contributed by atoms with Gasteiger partial charge >= 0.3 is 12.1 Å². The zero-order valence-electron chi connectivity index (χ0n) is 15.8. The monoisotopic (exact) mass is 451 g/mol. The standard InChI is InChI=1S/C20H16F3N3O4S/c21-20(22,23)19(28)24-15-8-10-17(11-9-15)31(29,30)25-16-6-4-14(5-7-16)13-26-12-2-1-3-18(26)27/h1-12,25H,13H2,(H,24,28). The second kappa shape index (κ2) is 8.64. The molecule has 3 rings (SSSR count). The van der Waals surface area contributed by atoms with Gasteiger partial charge in [0.1, 0.15) is 0 Å². The third-order valence-electron chi connectivity index (χ3n) is 4.14. The maximum atomic E-state index is 12.5. The van der Waals surface area contributed by atoms with Gasteiger partial charge in [-0.25, -0.2) is 8.42 Å². The average Bonchev–Trinajstić information content (AvgIpc) is 2.71. The van der Waals surface area contributed by atoms with E-state index in [4.69, 9.17) is 0 Å². The fraction of sp³-hybridized carbons (Fsp3) is 0.100. The Kier molecular flexibility index (Phi) is 6.16. The van der Waals surface area contributed by atoms with Crippen LogP contribution in [0.15, 0.2) is 82.6 Å². The van der Waals surface area contributed by atoms with Crippen molar-refractivity contribution in [3.8, 4) is 0 Å². The number of aromatic nitrogens is 1. The largest absolute Gasteiger partial charge is 0.471 e.